The number of allylic oxidation sites excluding steroid dienone is 1. The summed E-state index contributed by atoms with van der Waals surface area (Å²) in [6.07, 6.45) is 5.26. The van der Waals surface area contributed by atoms with E-state index >= 15 is 0 Å². The minimum atomic E-state index is 0.0206. The standard InChI is InChI=1S/C28H48N6O/c1-8-25(31-24-15-27(3,4)32-28(5,6)16-24)33(7)30-18-26(35)29-17-21(2)19-34-14-13-22-11-9-10-12-23(22)20-34/h8-12,21,24,30-32H,13-20H2,1-7H3,(H,29,35)/b25-8-. The third-order valence-corrected chi connectivity index (χ3v) is 7.08. The molecule has 2 aliphatic heterocycles. The second kappa shape index (κ2) is 11.8. The van der Waals surface area contributed by atoms with Crippen LogP contribution in [0.15, 0.2) is 36.2 Å². The Morgan fingerprint density at radius 3 is 2.51 bits per heavy atom. The average molecular weight is 485 g/mol. The Bertz CT molecular complexity index is 864. The minimum absolute atomic E-state index is 0.0206. The number of piperidine rings is 1. The summed E-state index contributed by atoms with van der Waals surface area (Å²) in [6, 6.07) is 9.09. The number of rotatable bonds is 10. The van der Waals surface area contributed by atoms with Gasteiger partial charge in [-0.2, -0.15) is 0 Å². The summed E-state index contributed by atoms with van der Waals surface area (Å²) in [5.74, 6) is 1.42. The Hall–Kier alpha value is -2.09. The number of nitrogens with zero attached hydrogens (tertiary/aromatic N) is 2. The molecular formula is C28H48N6O. The highest BCUT2D eigenvalue weighted by Crippen LogP contribution is 2.29. The first-order valence-corrected chi connectivity index (χ1v) is 13.2. The molecule has 1 aromatic carbocycles. The highest BCUT2D eigenvalue weighted by molar-refractivity contribution is 5.77. The molecule has 7 nitrogen and oxygen atoms in total. The van der Waals surface area contributed by atoms with Gasteiger partial charge in [-0.25, -0.2) is 5.43 Å². The Morgan fingerprint density at radius 1 is 1.20 bits per heavy atom. The van der Waals surface area contributed by atoms with Gasteiger partial charge in [0.1, 0.15) is 5.82 Å². The van der Waals surface area contributed by atoms with E-state index in [1.54, 1.807) is 0 Å². The molecule has 2 heterocycles. The predicted molar refractivity (Wildman–Crippen MR) is 145 cm³/mol. The van der Waals surface area contributed by atoms with Gasteiger partial charge in [0.25, 0.3) is 0 Å². The smallest absolute Gasteiger partial charge is 0.235 e. The molecule has 0 bridgehead atoms. The van der Waals surface area contributed by atoms with Crippen molar-refractivity contribution >= 4 is 5.91 Å². The third-order valence-electron chi connectivity index (χ3n) is 7.08. The van der Waals surface area contributed by atoms with Gasteiger partial charge in [-0.1, -0.05) is 31.2 Å². The molecular weight excluding hydrogens is 436 g/mol. The quantitative estimate of drug-likeness (QED) is 0.383. The Balaban J connectivity index is 1.37. The van der Waals surface area contributed by atoms with Crippen LogP contribution >= 0.6 is 0 Å². The maximum absolute atomic E-state index is 12.5. The van der Waals surface area contributed by atoms with Crippen molar-refractivity contribution in [3.8, 4) is 0 Å². The van der Waals surface area contributed by atoms with Gasteiger partial charge in [0.2, 0.25) is 5.91 Å². The van der Waals surface area contributed by atoms with Crippen molar-refractivity contribution in [3.05, 3.63) is 47.3 Å². The van der Waals surface area contributed by atoms with E-state index in [0.29, 0.717) is 18.5 Å². The number of amides is 1. The number of hydrogen-bond donors (Lipinski definition) is 4. The molecule has 7 heteroatoms. The molecule has 0 aromatic heterocycles. The van der Waals surface area contributed by atoms with E-state index in [-0.39, 0.29) is 23.5 Å². The topological polar surface area (TPSA) is 71.7 Å². The fourth-order valence-electron chi connectivity index (χ4n) is 5.85. The van der Waals surface area contributed by atoms with E-state index in [9.17, 15) is 4.79 Å². The van der Waals surface area contributed by atoms with Crippen molar-refractivity contribution in [2.45, 2.75) is 84.5 Å². The molecule has 1 aromatic rings. The Labute approximate surface area is 213 Å². The molecule has 3 rings (SSSR count). The number of carbonyl (C=O) groups is 1. The van der Waals surface area contributed by atoms with Crippen molar-refractivity contribution in [2.24, 2.45) is 5.92 Å². The van der Waals surface area contributed by atoms with Gasteiger partial charge in [0.05, 0.1) is 6.54 Å². The Kier molecular flexibility index (Phi) is 9.24. The molecule has 0 spiro atoms. The number of carbonyl (C=O) groups excluding carboxylic acids is 1. The van der Waals surface area contributed by atoms with Crippen LogP contribution in [0.5, 0.6) is 0 Å². The summed E-state index contributed by atoms with van der Waals surface area (Å²) in [5, 5.41) is 12.5. The van der Waals surface area contributed by atoms with Gasteiger partial charge < -0.3 is 16.0 Å². The van der Waals surface area contributed by atoms with Crippen LogP contribution in [-0.2, 0) is 17.8 Å². The van der Waals surface area contributed by atoms with E-state index in [1.165, 1.54) is 11.1 Å². The summed E-state index contributed by atoms with van der Waals surface area (Å²) in [5.41, 5.74) is 6.32. The summed E-state index contributed by atoms with van der Waals surface area (Å²) < 4.78 is 0. The van der Waals surface area contributed by atoms with Crippen LogP contribution < -0.4 is 21.4 Å². The second-order valence-corrected chi connectivity index (χ2v) is 11.9. The highest BCUT2D eigenvalue weighted by atomic mass is 16.2. The summed E-state index contributed by atoms with van der Waals surface area (Å²) in [6.45, 7) is 17.3. The average Bonchev–Trinajstić information content (AvgIpc) is 2.77. The minimum Gasteiger partial charge on any atom is -0.368 e. The predicted octanol–water partition coefficient (Wildman–Crippen LogP) is 2.99. The van der Waals surface area contributed by atoms with Crippen molar-refractivity contribution in [2.75, 3.05) is 33.2 Å². The number of benzene rings is 1. The summed E-state index contributed by atoms with van der Waals surface area (Å²) in [7, 11) is 1.96. The van der Waals surface area contributed by atoms with Crippen LogP contribution in [0, 0.1) is 5.92 Å². The zero-order valence-corrected chi connectivity index (χ0v) is 23.0. The molecule has 196 valence electrons. The lowest BCUT2D eigenvalue weighted by Gasteiger charge is -2.47. The molecule has 4 N–H and O–H groups in total. The fraction of sp³-hybridized carbons (Fsp3) is 0.679. The SMILES string of the molecule is C/C=C(/NC1CC(C)(C)NC(C)(C)C1)N(C)NCC(=O)NCC(C)CN1CCc2ccccc2C1. The van der Waals surface area contributed by atoms with Gasteiger partial charge in [-0.05, 0) is 77.0 Å². The largest absolute Gasteiger partial charge is 0.368 e. The zero-order valence-electron chi connectivity index (χ0n) is 23.0. The molecule has 1 amide bonds. The normalized spacial score (nSPS) is 21.2. The molecule has 0 radical (unpaired) electrons. The monoisotopic (exact) mass is 484 g/mol. The number of nitrogens with one attached hydrogen (secondary N) is 4. The number of hydrogen-bond acceptors (Lipinski definition) is 6. The first-order valence-electron chi connectivity index (χ1n) is 13.2. The molecule has 0 aliphatic carbocycles. The number of hydrazine groups is 1. The Morgan fingerprint density at radius 2 is 1.86 bits per heavy atom. The fourth-order valence-corrected chi connectivity index (χ4v) is 5.85. The van der Waals surface area contributed by atoms with Crippen LogP contribution in [0.1, 0.15) is 65.5 Å². The molecule has 1 unspecified atom stereocenters. The van der Waals surface area contributed by atoms with Gasteiger partial charge in [-0.3, -0.25) is 14.7 Å². The third kappa shape index (κ3) is 8.51. The van der Waals surface area contributed by atoms with Crippen LogP contribution in [0.3, 0.4) is 0 Å². The van der Waals surface area contributed by atoms with Crippen molar-refractivity contribution in [3.63, 3.8) is 0 Å². The molecule has 1 fully saturated rings. The molecule has 2 aliphatic rings. The molecule has 0 saturated carbocycles. The first-order chi connectivity index (χ1) is 16.5. The number of fused-ring (bicyclic) bond motifs is 1. The van der Waals surface area contributed by atoms with E-state index in [0.717, 1.165) is 44.7 Å². The van der Waals surface area contributed by atoms with Crippen LogP contribution in [0.25, 0.3) is 0 Å². The van der Waals surface area contributed by atoms with E-state index in [1.807, 2.05) is 19.0 Å². The lowest BCUT2D eigenvalue weighted by atomic mass is 9.79. The van der Waals surface area contributed by atoms with Crippen molar-refractivity contribution in [1.29, 1.82) is 0 Å². The lowest BCUT2D eigenvalue weighted by molar-refractivity contribution is -0.121. The van der Waals surface area contributed by atoms with Crippen molar-refractivity contribution in [1.82, 2.24) is 31.3 Å². The maximum Gasteiger partial charge on any atom is 0.235 e. The van der Waals surface area contributed by atoms with Gasteiger partial charge in [0, 0.05) is 50.3 Å². The lowest BCUT2D eigenvalue weighted by Crippen LogP contribution is -2.62. The molecule has 35 heavy (non-hydrogen) atoms. The second-order valence-electron chi connectivity index (χ2n) is 11.9. The molecule has 1 atom stereocenters. The van der Waals surface area contributed by atoms with E-state index in [4.69, 9.17) is 0 Å². The first kappa shape index (κ1) is 27.5. The summed E-state index contributed by atoms with van der Waals surface area (Å²) >= 11 is 0. The van der Waals surface area contributed by atoms with E-state index < -0.39 is 0 Å². The van der Waals surface area contributed by atoms with Gasteiger partial charge in [-0.15, -0.1) is 0 Å². The van der Waals surface area contributed by atoms with Crippen LogP contribution in [0.4, 0.5) is 0 Å². The van der Waals surface area contributed by atoms with Crippen molar-refractivity contribution < 1.29 is 4.79 Å². The van der Waals surface area contributed by atoms with Gasteiger partial charge in [0.15, 0.2) is 0 Å². The molecule has 1 saturated heterocycles. The summed E-state index contributed by atoms with van der Waals surface area (Å²) in [4.78, 5) is 15.0. The maximum atomic E-state index is 12.5. The van der Waals surface area contributed by atoms with Crippen LogP contribution in [0.2, 0.25) is 0 Å². The van der Waals surface area contributed by atoms with Gasteiger partial charge >= 0.3 is 0 Å². The zero-order chi connectivity index (χ0) is 25.6. The van der Waals surface area contributed by atoms with Crippen LogP contribution in [-0.4, -0.2) is 66.2 Å². The van der Waals surface area contributed by atoms with E-state index in [2.05, 4.69) is 91.2 Å². The highest BCUT2D eigenvalue weighted by Gasteiger charge is 2.37.